The number of imidazole rings is 1. The number of likely N-dealkylation sites (tertiary alicyclic amines) is 1. The first-order valence-corrected chi connectivity index (χ1v) is 11.1. The quantitative estimate of drug-likeness (QED) is 0.716. The fourth-order valence-corrected chi connectivity index (χ4v) is 4.76. The average molecular weight is 404 g/mol. The van der Waals surface area contributed by atoms with E-state index in [-0.39, 0.29) is 11.8 Å². The smallest absolute Gasteiger partial charge is 0.227 e. The van der Waals surface area contributed by atoms with Crippen LogP contribution in [0, 0.1) is 5.92 Å². The Balaban J connectivity index is 1.35. The highest BCUT2D eigenvalue weighted by molar-refractivity contribution is 5.80. The van der Waals surface area contributed by atoms with E-state index in [0.29, 0.717) is 5.91 Å². The van der Waals surface area contributed by atoms with Crippen LogP contribution in [0.3, 0.4) is 0 Å². The summed E-state index contributed by atoms with van der Waals surface area (Å²) in [7, 11) is 0. The van der Waals surface area contributed by atoms with Gasteiger partial charge in [-0.3, -0.25) is 4.79 Å². The number of carbonyl (C=O) groups excluding carboxylic acids is 1. The number of hydrogen-bond donors (Lipinski definition) is 1. The molecule has 2 fully saturated rings. The van der Waals surface area contributed by atoms with Crippen molar-refractivity contribution in [3.63, 3.8) is 0 Å². The Morgan fingerprint density at radius 1 is 1.03 bits per heavy atom. The highest BCUT2D eigenvalue weighted by Crippen LogP contribution is 2.27. The van der Waals surface area contributed by atoms with Gasteiger partial charge in [0.25, 0.3) is 0 Å². The van der Waals surface area contributed by atoms with Gasteiger partial charge >= 0.3 is 0 Å². The van der Waals surface area contributed by atoms with Crippen LogP contribution in [0.4, 0.5) is 5.82 Å². The molecule has 2 aromatic heterocycles. The van der Waals surface area contributed by atoms with Crippen molar-refractivity contribution in [2.24, 2.45) is 5.92 Å². The molecule has 2 atom stereocenters. The second-order valence-corrected chi connectivity index (χ2v) is 8.61. The minimum Gasteiger partial charge on any atom is -0.356 e. The van der Waals surface area contributed by atoms with Crippen LogP contribution in [-0.2, 0) is 4.79 Å². The second kappa shape index (κ2) is 8.09. The highest BCUT2D eigenvalue weighted by atomic mass is 16.2. The van der Waals surface area contributed by atoms with Gasteiger partial charge < -0.3 is 14.8 Å². The van der Waals surface area contributed by atoms with Crippen molar-refractivity contribution >= 4 is 22.9 Å². The third-order valence-corrected chi connectivity index (χ3v) is 6.57. The molecule has 4 heterocycles. The monoisotopic (exact) mass is 403 g/mol. The molecule has 0 spiro atoms. The largest absolute Gasteiger partial charge is 0.356 e. The number of fused-ring (bicyclic) bond motifs is 1. The lowest BCUT2D eigenvalue weighted by molar-refractivity contribution is -0.134. The first-order chi connectivity index (χ1) is 14.7. The lowest BCUT2D eigenvalue weighted by Crippen LogP contribution is -2.44. The van der Waals surface area contributed by atoms with Gasteiger partial charge in [0.2, 0.25) is 5.91 Å². The number of piperidine rings is 1. The Hall–Kier alpha value is -2.89. The van der Waals surface area contributed by atoms with Crippen molar-refractivity contribution in [3.05, 3.63) is 53.9 Å². The standard InChI is InChI=1S/C24H29N5O/c1-17(18-8-3-2-4-9-18)22-25-20-11-12-21(26-23(20)27-22)29-15-7-10-19(16-29)24(30)28-13-5-6-14-28/h2-4,8-9,11-12,17,19H,5-7,10,13-16H2,1H3,(H,25,26,27). The number of aromatic nitrogens is 3. The Bertz CT molecular complexity index is 1020. The fourth-order valence-electron chi connectivity index (χ4n) is 4.76. The van der Waals surface area contributed by atoms with Crippen LogP contribution in [0.5, 0.6) is 0 Å². The summed E-state index contributed by atoms with van der Waals surface area (Å²) in [5.74, 6) is 2.45. The van der Waals surface area contributed by atoms with E-state index in [2.05, 4.69) is 58.1 Å². The fraction of sp³-hybridized carbons (Fsp3) is 0.458. The first-order valence-electron chi connectivity index (χ1n) is 11.1. The summed E-state index contributed by atoms with van der Waals surface area (Å²) in [6.45, 7) is 5.71. The molecule has 2 saturated heterocycles. The van der Waals surface area contributed by atoms with Crippen molar-refractivity contribution in [3.8, 4) is 0 Å². The van der Waals surface area contributed by atoms with E-state index in [1.807, 2.05) is 6.07 Å². The van der Waals surface area contributed by atoms with Crippen molar-refractivity contribution in [1.29, 1.82) is 0 Å². The zero-order valence-electron chi connectivity index (χ0n) is 17.6. The van der Waals surface area contributed by atoms with E-state index in [4.69, 9.17) is 9.97 Å². The van der Waals surface area contributed by atoms with Crippen LogP contribution < -0.4 is 4.90 Å². The van der Waals surface area contributed by atoms with Crippen molar-refractivity contribution in [1.82, 2.24) is 19.9 Å². The number of anilines is 1. The molecule has 0 radical (unpaired) electrons. The molecule has 5 rings (SSSR count). The normalized spacial score (nSPS) is 20.6. The number of carbonyl (C=O) groups is 1. The number of benzene rings is 1. The summed E-state index contributed by atoms with van der Waals surface area (Å²) >= 11 is 0. The summed E-state index contributed by atoms with van der Waals surface area (Å²) in [4.78, 5) is 30.2. The number of pyridine rings is 1. The van der Waals surface area contributed by atoms with Gasteiger partial charge in [-0.1, -0.05) is 37.3 Å². The summed E-state index contributed by atoms with van der Waals surface area (Å²) in [6, 6.07) is 14.5. The third-order valence-electron chi connectivity index (χ3n) is 6.57. The van der Waals surface area contributed by atoms with Crippen LogP contribution >= 0.6 is 0 Å². The predicted octanol–water partition coefficient (Wildman–Crippen LogP) is 3.95. The van der Waals surface area contributed by atoms with Crippen LogP contribution in [0.15, 0.2) is 42.5 Å². The van der Waals surface area contributed by atoms with E-state index in [1.54, 1.807) is 0 Å². The minimum absolute atomic E-state index is 0.0854. The predicted molar refractivity (Wildman–Crippen MR) is 119 cm³/mol. The summed E-state index contributed by atoms with van der Waals surface area (Å²) in [5, 5.41) is 0. The molecule has 6 nitrogen and oxygen atoms in total. The summed E-state index contributed by atoms with van der Waals surface area (Å²) < 4.78 is 0. The SMILES string of the molecule is CC(c1ccccc1)c1nc2nc(N3CCCC(C(=O)N4CCCC4)C3)ccc2[nH]1. The van der Waals surface area contributed by atoms with Gasteiger partial charge in [-0.15, -0.1) is 0 Å². The van der Waals surface area contributed by atoms with E-state index >= 15 is 0 Å². The van der Waals surface area contributed by atoms with Crippen LogP contribution in [0.2, 0.25) is 0 Å². The molecule has 2 aliphatic rings. The molecule has 1 aromatic carbocycles. The molecule has 156 valence electrons. The maximum absolute atomic E-state index is 12.9. The zero-order valence-corrected chi connectivity index (χ0v) is 17.6. The molecule has 1 N–H and O–H groups in total. The zero-order chi connectivity index (χ0) is 20.5. The number of amides is 1. The lowest BCUT2D eigenvalue weighted by Gasteiger charge is -2.34. The second-order valence-electron chi connectivity index (χ2n) is 8.61. The number of rotatable bonds is 4. The highest BCUT2D eigenvalue weighted by Gasteiger charge is 2.31. The van der Waals surface area contributed by atoms with Gasteiger partial charge in [0.1, 0.15) is 11.6 Å². The molecule has 0 saturated carbocycles. The Morgan fingerprint density at radius 3 is 2.63 bits per heavy atom. The lowest BCUT2D eigenvalue weighted by atomic mass is 9.96. The van der Waals surface area contributed by atoms with Gasteiger partial charge in [-0.25, -0.2) is 9.97 Å². The maximum atomic E-state index is 12.9. The first kappa shape index (κ1) is 19.1. The number of nitrogens with zero attached hydrogens (tertiary/aromatic N) is 4. The summed E-state index contributed by atoms with van der Waals surface area (Å²) in [5.41, 5.74) is 2.94. The Kier molecular flexibility index (Phi) is 5.15. The van der Waals surface area contributed by atoms with Crippen LogP contribution in [-0.4, -0.2) is 51.9 Å². The molecular formula is C24H29N5O. The van der Waals surface area contributed by atoms with Gasteiger partial charge in [-0.2, -0.15) is 0 Å². The maximum Gasteiger partial charge on any atom is 0.227 e. The van der Waals surface area contributed by atoms with Gasteiger partial charge in [0.15, 0.2) is 5.65 Å². The molecule has 6 heteroatoms. The molecular weight excluding hydrogens is 374 g/mol. The molecule has 1 amide bonds. The molecule has 2 aliphatic heterocycles. The molecule has 30 heavy (non-hydrogen) atoms. The number of nitrogens with one attached hydrogen (secondary N) is 1. The van der Waals surface area contributed by atoms with Crippen LogP contribution in [0.1, 0.15) is 49.9 Å². The van der Waals surface area contributed by atoms with E-state index in [9.17, 15) is 4.79 Å². The molecule has 0 aliphatic carbocycles. The number of aromatic amines is 1. The number of H-pyrrole nitrogens is 1. The van der Waals surface area contributed by atoms with Gasteiger partial charge in [-0.05, 0) is 43.4 Å². The molecule has 0 bridgehead atoms. The summed E-state index contributed by atoms with van der Waals surface area (Å²) in [6.07, 6.45) is 4.29. The average Bonchev–Trinajstić information content (AvgIpc) is 3.48. The topological polar surface area (TPSA) is 65.1 Å². The van der Waals surface area contributed by atoms with Gasteiger partial charge in [0, 0.05) is 32.1 Å². The minimum atomic E-state index is 0.0854. The molecule has 3 aromatic rings. The van der Waals surface area contributed by atoms with E-state index in [1.165, 1.54) is 5.56 Å². The van der Waals surface area contributed by atoms with Crippen molar-refractivity contribution < 1.29 is 4.79 Å². The molecule has 2 unspecified atom stereocenters. The van der Waals surface area contributed by atoms with Crippen molar-refractivity contribution in [2.45, 2.75) is 38.5 Å². The van der Waals surface area contributed by atoms with Gasteiger partial charge in [0.05, 0.1) is 11.4 Å². The Labute approximate surface area is 177 Å². The Morgan fingerprint density at radius 2 is 1.83 bits per heavy atom. The number of hydrogen-bond acceptors (Lipinski definition) is 4. The van der Waals surface area contributed by atoms with Crippen molar-refractivity contribution in [2.75, 3.05) is 31.1 Å². The van der Waals surface area contributed by atoms with Crippen LogP contribution in [0.25, 0.3) is 11.2 Å². The third kappa shape index (κ3) is 3.66. The van der Waals surface area contributed by atoms with E-state index < -0.39 is 0 Å². The van der Waals surface area contributed by atoms with E-state index in [0.717, 1.165) is 74.7 Å².